The average Bonchev–Trinajstić information content (AvgIpc) is 2.50. The van der Waals surface area contributed by atoms with Gasteiger partial charge in [-0.2, -0.15) is 0 Å². The quantitative estimate of drug-likeness (QED) is 0.747. The number of fused-ring (bicyclic) bond motifs is 1. The summed E-state index contributed by atoms with van der Waals surface area (Å²) < 4.78 is 14.2. The highest BCUT2D eigenvalue weighted by Gasteiger charge is 2.24. The third-order valence-electron chi connectivity index (χ3n) is 4.22. The van der Waals surface area contributed by atoms with E-state index in [4.69, 9.17) is 0 Å². The van der Waals surface area contributed by atoms with Gasteiger partial charge >= 0.3 is 0 Å². The summed E-state index contributed by atoms with van der Waals surface area (Å²) >= 11 is 0. The van der Waals surface area contributed by atoms with Crippen LogP contribution < -0.4 is 10.6 Å². The summed E-state index contributed by atoms with van der Waals surface area (Å²) in [6, 6.07) is 2.65. The van der Waals surface area contributed by atoms with Gasteiger partial charge in [-0.1, -0.05) is 13.8 Å². The largest absolute Gasteiger partial charge is 0.388 e. The minimum atomic E-state index is -1.03. The van der Waals surface area contributed by atoms with Crippen molar-refractivity contribution < 1.29 is 19.1 Å². The van der Waals surface area contributed by atoms with Crippen LogP contribution in [0.25, 0.3) is 0 Å². The molecular formula is C18H25FN2O3. The first kappa shape index (κ1) is 18.4. The lowest BCUT2D eigenvalue weighted by atomic mass is 9.95. The number of nitrogens with one attached hydrogen (secondary N) is 2. The van der Waals surface area contributed by atoms with Gasteiger partial charge in [0.25, 0.3) is 5.91 Å². The molecule has 0 aliphatic carbocycles. The maximum atomic E-state index is 14.2. The standard InChI is InChI=1S/C18H25FN2O3/c1-11(2)6-7-18(3,24)10-20-17(23)13-8-12-4-5-16(22)21-15(12)9-14(13)19/h8-9,11,24H,4-7,10H2,1-3H3,(H,20,23)(H,21,22). The third-order valence-corrected chi connectivity index (χ3v) is 4.22. The summed E-state index contributed by atoms with van der Waals surface area (Å²) in [6.07, 6.45) is 2.21. The van der Waals surface area contributed by atoms with Crippen molar-refractivity contribution in [2.24, 2.45) is 5.92 Å². The van der Waals surface area contributed by atoms with Gasteiger partial charge in [-0.15, -0.1) is 0 Å². The van der Waals surface area contributed by atoms with Crippen molar-refractivity contribution in [1.29, 1.82) is 0 Å². The number of rotatable bonds is 6. The van der Waals surface area contributed by atoms with E-state index in [2.05, 4.69) is 24.5 Å². The Labute approximate surface area is 141 Å². The molecule has 6 heteroatoms. The van der Waals surface area contributed by atoms with Crippen LogP contribution in [-0.4, -0.2) is 29.1 Å². The number of aliphatic hydroxyl groups is 1. The smallest absolute Gasteiger partial charge is 0.254 e. The molecule has 0 aromatic heterocycles. The molecule has 3 N–H and O–H groups in total. The highest BCUT2D eigenvalue weighted by Crippen LogP contribution is 2.26. The van der Waals surface area contributed by atoms with Crippen molar-refractivity contribution in [2.75, 3.05) is 11.9 Å². The average molecular weight is 336 g/mol. The van der Waals surface area contributed by atoms with E-state index in [1.807, 2.05) is 0 Å². The topological polar surface area (TPSA) is 78.4 Å². The highest BCUT2D eigenvalue weighted by atomic mass is 19.1. The number of carbonyl (C=O) groups excluding carboxylic acids is 2. The first-order valence-electron chi connectivity index (χ1n) is 8.31. The maximum absolute atomic E-state index is 14.2. The van der Waals surface area contributed by atoms with Crippen LogP contribution in [0.3, 0.4) is 0 Å². The van der Waals surface area contributed by atoms with Crippen molar-refractivity contribution in [3.63, 3.8) is 0 Å². The number of anilines is 1. The SMILES string of the molecule is CC(C)CCC(C)(O)CNC(=O)c1cc2c(cc1F)NC(=O)CC2. The number of carbonyl (C=O) groups is 2. The number of hydrogen-bond acceptors (Lipinski definition) is 3. The highest BCUT2D eigenvalue weighted by molar-refractivity contribution is 5.98. The van der Waals surface area contributed by atoms with Crippen LogP contribution in [0.5, 0.6) is 0 Å². The van der Waals surface area contributed by atoms with E-state index in [1.165, 1.54) is 12.1 Å². The van der Waals surface area contributed by atoms with Crippen LogP contribution in [0.15, 0.2) is 12.1 Å². The molecule has 1 unspecified atom stereocenters. The molecule has 1 atom stereocenters. The van der Waals surface area contributed by atoms with Crippen LogP contribution in [0, 0.1) is 11.7 Å². The van der Waals surface area contributed by atoms with Crippen molar-refractivity contribution in [3.8, 4) is 0 Å². The molecule has 1 aliphatic heterocycles. The number of halogens is 1. The van der Waals surface area contributed by atoms with Gasteiger partial charge in [0, 0.05) is 18.7 Å². The molecule has 24 heavy (non-hydrogen) atoms. The number of amides is 2. The van der Waals surface area contributed by atoms with E-state index in [-0.39, 0.29) is 18.0 Å². The second-order valence-electron chi connectivity index (χ2n) is 7.15. The summed E-state index contributed by atoms with van der Waals surface area (Å²) in [5.74, 6) is -0.937. The Morgan fingerprint density at radius 1 is 1.42 bits per heavy atom. The molecule has 0 radical (unpaired) electrons. The van der Waals surface area contributed by atoms with Crippen molar-refractivity contribution >= 4 is 17.5 Å². The molecule has 1 aliphatic rings. The van der Waals surface area contributed by atoms with E-state index in [9.17, 15) is 19.1 Å². The van der Waals surface area contributed by atoms with Crippen LogP contribution in [0.4, 0.5) is 10.1 Å². The van der Waals surface area contributed by atoms with Gasteiger partial charge in [0.15, 0.2) is 0 Å². The Morgan fingerprint density at radius 3 is 2.79 bits per heavy atom. The molecule has 2 amide bonds. The first-order valence-corrected chi connectivity index (χ1v) is 8.31. The lowest BCUT2D eigenvalue weighted by Gasteiger charge is -2.25. The minimum absolute atomic E-state index is 0.0613. The van der Waals surface area contributed by atoms with E-state index in [1.54, 1.807) is 6.92 Å². The maximum Gasteiger partial charge on any atom is 0.254 e. The molecule has 0 spiro atoms. The molecule has 0 fully saturated rings. The summed E-state index contributed by atoms with van der Waals surface area (Å²) in [5.41, 5.74) is 0.0694. The lowest BCUT2D eigenvalue weighted by molar-refractivity contribution is -0.116. The van der Waals surface area contributed by atoms with Crippen LogP contribution in [0.2, 0.25) is 0 Å². The van der Waals surface area contributed by atoms with Crippen molar-refractivity contribution in [1.82, 2.24) is 5.32 Å². The zero-order valence-electron chi connectivity index (χ0n) is 14.4. The molecule has 0 saturated carbocycles. The molecule has 1 aromatic rings. The monoisotopic (exact) mass is 336 g/mol. The molecule has 1 heterocycles. The number of aryl methyl sites for hydroxylation is 1. The molecular weight excluding hydrogens is 311 g/mol. The van der Waals surface area contributed by atoms with Gasteiger partial charge in [0.1, 0.15) is 5.82 Å². The predicted octanol–water partition coefficient (Wildman–Crippen LogP) is 2.63. The van der Waals surface area contributed by atoms with Gasteiger partial charge in [0.05, 0.1) is 11.2 Å². The van der Waals surface area contributed by atoms with Gasteiger partial charge in [-0.05, 0) is 49.8 Å². The Hall–Kier alpha value is -1.95. The lowest BCUT2D eigenvalue weighted by Crippen LogP contribution is -2.41. The second-order valence-corrected chi connectivity index (χ2v) is 7.15. The van der Waals surface area contributed by atoms with E-state index in [0.717, 1.165) is 12.0 Å². The summed E-state index contributed by atoms with van der Waals surface area (Å²) in [4.78, 5) is 23.6. The summed E-state index contributed by atoms with van der Waals surface area (Å²) in [7, 11) is 0. The second kappa shape index (κ2) is 7.30. The molecule has 5 nitrogen and oxygen atoms in total. The fraction of sp³-hybridized carbons (Fsp3) is 0.556. The Bertz CT molecular complexity index is 641. The van der Waals surface area contributed by atoms with E-state index < -0.39 is 17.3 Å². The zero-order valence-corrected chi connectivity index (χ0v) is 14.4. The fourth-order valence-corrected chi connectivity index (χ4v) is 2.63. The van der Waals surface area contributed by atoms with Crippen molar-refractivity contribution in [2.45, 2.75) is 52.1 Å². The fourth-order valence-electron chi connectivity index (χ4n) is 2.63. The number of hydrogen-bond donors (Lipinski definition) is 3. The molecule has 132 valence electrons. The van der Waals surface area contributed by atoms with Gasteiger partial charge in [0.2, 0.25) is 5.91 Å². The van der Waals surface area contributed by atoms with Crippen LogP contribution in [-0.2, 0) is 11.2 Å². The molecule has 0 bridgehead atoms. The van der Waals surface area contributed by atoms with Gasteiger partial charge in [-0.3, -0.25) is 9.59 Å². The summed E-state index contributed by atoms with van der Waals surface area (Å²) in [6.45, 7) is 5.85. The molecule has 1 aromatic carbocycles. The Morgan fingerprint density at radius 2 is 2.12 bits per heavy atom. The van der Waals surface area contributed by atoms with Crippen molar-refractivity contribution in [3.05, 3.63) is 29.1 Å². The molecule has 0 saturated heterocycles. The number of benzene rings is 1. The Kier molecular flexibility index (Phi) is 5.59. The zero-order chi connectivity index (χ0) is 17.9. The van der Waals surface area contributed by atoms with Gasteiger partial charge in [-0.25, -0.2) is 4.39 Å². The molecule has 2 rings (SSSR count). The van der Waals surface area contributed by atoms with E-state index in [0.29, 0.717) is 30.9 Å². The van der Waals surface area contributed by atoms with Crippen LogP contribution in [0.1, 0.15) is 56.0 Å². The van der Waals surface area contributed by atoms with Gasteiger partial charge < -0.3 is 15.7 Å². The van der Waals surface area contributed by atoms with E-state index >= 15 is 0 Å². The third kappa shape index (κ3) is 4.77. The summed E-state index contributed by atoms with van der Waals surface area (Å²) in [5, 5.41) is 15.5. The van der Waals surface area contributed by atoms with Crippen LogP contribution >= 0.6 is 0 Å². The normalized spacial score (nSPS) is 16.3. The minimum Gasteiger partial charge on any atom is -0.388 e. The predicted molar refractivity (Wildman–Crippen MR) is 90.4 cm³/mol. The Balaban J connectivity index is 2.03. The first-order chi connectivity index (χ1) is 11.2.